The first-order valence-corrected chi connectivity index (χ1v) is 8.92. The highest BCUT2D eigenvalue weighted by Gasteiger charge is 2.36. The van der Waals surface area contributed by atoms with Crippen LogP contribution in [0, 0.1) is 17.1 Å². The van der Waals surface area contributed by atoms with E-state index in [1.54, 1.807) is 12.1 Å². The molecule has 1 aliphatic heterocycles. The van der Waals surface area contributed by atoms with Crippen molar-refractivity contribution in [2.24, 2.45) is 5.73 Å². The van der Waals surface area contributed by atoms with Gasteiger partial charge in [0.1, 0.15) is 17.5 Å². The molecule has 8 heteroatoms. The molecule has 5 nitrogen and oxygen atoms in total. The summed E-state index contributed by atoms with van der Waals surface area (Å²) >= 11 is 4.74. The zero-order valence-corrected chi connectivity index (χ0v) is 15.0. The molecule has 0 fully saturated rings. The number of hydrogen-bond donors (Lipinski definition) is 2. The summed E-state index contributed by atoms with van der Waals surface area (Å²) in [5.41, 5.74) is 8.39. The van der Waals surface area contributed by atoms with Gasteiger partial charge >= 0.3 is 0 Å². The number of rotatable bonds is 2. The van der Waals surface area contributed by atoms with Gasteiger partial charge in [-0.1, -0.05) is 12.1 Å². The third kappa shape index (κ3) is 2.52. The molecule has 3 aromatic rings. The number of fused-ring (bicyclic) bond motifs is 1. The number of nitrogens with zero attached hydrogens (tertiary/aromatic N) is 2. The number of nitrogens with one attached hydrogen (secondary N) is 1. The summed E-state index contributed by atoms with van der Waals surface area (Å²) in [6.45, 7) is 0. The SMILES string of the molecule is N#CC1=C(N)Oc2n[nH]c(-c3cccs3)c2[C@@H]1c1ccc(F)c(Br)c1. The van der Waals surface area contributed by atoms with Crippen LogP contribution in [0.2, 0.25) is 0 Å². The smallest absolute Gasteiger partial charge is 0.244 e. The number of halogens is 2. The molecule has 0 aliphatic carbocycles. The fraction of sp³-hybridized carbons (Fsp3) is 0.0588. The van der Waals surface area contributed by atoms with Crippen molar-refractivity contribution < 1.29 is 9.13 Å². The van der Waals surface area contributed by atoms with Crippen LogP contribution >= 0.6 is 27.3 Å². The fourth-order valence-electron chi connectivity index (χ4n) is 2.88. The topological polar surface area (TPSA) is 87.7 Å². The quantitative estimate of drug-likeness (QED) is 0.653. The predicted octanol–water partition coefficient (Wildman–Crippen LogP) is 4.26. The Bertz CT molecular complexity index is 1040. The molecule has 3 heterocycles. The first-order chi connectivity index (χ1) is 12.1. The fourth-order valence-corrected chi connectivity index (χ4v) is 4.01. The van der Waals surface area contributed by atoms with E-state index in [1.807, 2.05) is 17.5 Å². The summed E-state index contributed by atoms with van der Waals surface area (Å²) in [5, 5.41) is 18.7. The van der Waals surface area contributed by atoms with Gasteiger partial charge in [-0.2, -0.15) is 5.26 Å². The second-order valence-corrected chi connectivity index (χ2v) is 7.20. The molecule has 4 rings (SSSR count). The summed E-state index contributed by atoms with van der Waals surface area (Å²) in [4.78, 5) is 0.960. The number of allylic oxidation sites excluding steroid dienone is 1. The number of nitriles is 1. The van der Waals surface area contributed by atoms with Gasteiger partial charge in [-0.05, 0) is 45.1 Å². The standard InChI is InChI=1S/C17H10BrFN4OS/c18-10-6-8(3-4-11(10)19)13-9(7-20)16(21)24-17-14(13)15(22-23-17)12-2-1-5-25-12/h1-6,13H,21H2,(H,22,23)/t13-/m1/s1. The Hall–Kier alpha value is -2.63. The number of aromatic amines is 1. The van der Waals surface area contributed by atoms with Gasteiger partial charge in [-0.25, -0.2) is 4.39 Å². The third-order valence-electron chi connectivity index (χ3n) is 3.98. The number of aromatic nitrogens is 2. The summed E-state index contributed by atoms with van der Waals surface area (Å²) in [7, 11) is 0. The molecule has 0 radical (unpaired) electrons. The monoisotopic (exact) mass is 416 g/mol. The lowest BCUT2D eigenvalue weighted by atomic mass is 9.84. The number of hydrogen-bond acceptors (Lipinski definition) is 5. The predicted molar refractivity (Wildman–Crippen MR) is 95.3 cm³/mol. The van der Waals surface area contributed by atoms with Crippen molar-refractivity contribution in [1.82, 2.24) is 10.2 Å². The van der Waals surface area contributed by atoms with Crippen molar-refractivity contribution in [3.05, 3.63) is 68.6 Å². The summed E-state index contributed by atoms with van der Waals surface area (Å²) in [6.07, 6.45) is 0. The van der Waals surface area contributed by atoms with E-state index < -0.39 is 5.92 Å². The van der Waals surface area contributed by atoms with Crippen molar-refractivity contribution >= 4 is 27.3 Å². The highest BCUT2D eigenvalue weighted by molar-refractivity contribution is 9.10. The molecule has 0 saturated carbocycles. The van der Waals surface area contributed by atoms with Gasteiger partial charge in [0.15, 0.2) is 0 Å². The number of benzene rings is 1. The van der Waals surface area contributed by atoms with Crippen LogP contribution in [0.25, 0.3) is 10.6 Å². The Kier molecular flexibility index (Phi) is 3.82. The van der Waals surface area contributed by atoms with E-state index in [9.17, 15) is 9.65 Å². The van der Waals surface area contributed by atoms with Crippen LogP contribution in [0.4, 0.5) is 4.39 Å². The summed E-state index contributed by atoms with van der Waals surface area (Å²) in [6, 6.07) is 10.6. The highest BCUT2D eigenvalue weighted by Crippen LogP contribution is 2.46. The Balaban J connectivity index is 1.97. The average molecular weight is 417 g/mol. The van der Waals surface area contributed by atoms with E-state index in [4.69, 9.17) is 10.5 Å². The molecule has 0 saturated heterocycles. The number of thiophene rings is 1. The lowest BCUT2D eigenvalue weighted by Gasteiger charge is -2.24. The minimum Gasteiger partial charge on any atom is -0.420 e. The maximum atomic E-state index is 13.7. The zero-order valence-electron chi connectivity index (χ0n) is 12.6. The lowest BCUT2D eigenvalue weighted by Crippen LogP contribution is -2.21. The first kappa shape index (κ1) is 15.9. The van der Waals surface area contributed by atoms with E-state index in [0.717, 1.165) is 16.1 Å². The van der Waals surface area contributed by atoms with E-state index in [-0.39, 0.29) is 17.3 Å². The van der Waals surface area contributed by atoms with Crippen LogP contribution < -0.4 is 10.5 Å². The minimum absolute atomic E-state index is 0.00433. The molecule has 3 N–H and O–H groups in total. The second kappa shape index (κ2) is 6.02. The van der Waals surface area contributed by atoms with Crippen molar-refractivity contribution in [2.45, 2.75) is 5.92 Å². The molecule has 0 bridgehead atoms. The normalized spacial score (nSPS) is 16.3. The first-order valence-electron chi connectivity index (χ1n) is 7.24. The number of ether oxygens (including phenoxy) is 1. The molecule has 1 atom stereocenters. The molecule has 1 aromatic carbocycles. The Morgan fingerprint density at radius 1 is 1.40 bits per heavy atom. The van der Waals surface area contributed by atoms with Gasteiger partial charge in [0.25, 0.3) is 0 Å². The summed E-state index contributed by atoms with van der Waals surface area (Å²) < 4.78 is 19.5. The minimum atomic E-state index is -0.499. The Labute approximate surface area is 154 Å². The van der Waals surface area contributed by atoms with E-state index in [2.05, 4.69) is 32.2 Å². The van der Waals surface area contributed by atoms with Gasteiger partial charge < -0.3 is 10.5 Å². The molecule has 0 amide bonds. The van der Waals surface area contributed by atoms with Gasteiger partial charge in [-0.3, -0.25) is 5.10 Å². The van der Waals surface area contributed by atoms with E-state index in [1.165, 1.54) is 17.4 Å². The van der Waals surface area contributed by atoms with Gasteiger partial charge in [-0.15, -0.1) is 16.4 Å². The molecular weight excluding hydrogens is 407 g/mol. The Morgan fingerprint density at radius 3 is 2.92 bits per heavy atom. The highest BCUT2D eigenvalue weighted by atomic mass is 79.9. The largest absolute Gasteiger partial charge is 0.420 e. The van der Waals surface area contributed by atoms with Gasteiger partial charge in [0.2, 0.25) is 11.8 Å². The lowest BCUT2D eigenvalue weighted by molar-refractivity contribution is 0.379. The van der Waals surface area contributed by atoms with Crippen LogP contribution in [0.1, 0.15) is 17.0 Å². The van der Waals surface area contributed by atoms with Crippen LogP contribution in [0.3, 0.4) is 0 Å². The average Bonchev–Trinajstić information content (AvgIpc) is 3.25. The van der Waals surface area contributed by atoms with Crippen LogP contribution in [-0.4, -0.2) is 10.2 Å². The molecule has 0 unspecified atom stereocenters. The number of H-pyrrole nitrogens is 1. The molecule has 1 aliphatic rings. The molecule has 25 heavy (non-hydrogen) atoms. The second-order valence-electron chi connectivity index (χ2n) is 5.39. The van der Waals surface area contributed by atoms with E-state index in [0.29, 0.717) is 15.9 Å². The molecular formula is C17H10BrFN4OS. The van der Waals surface area contributed by atoms with Gasteiger partial charge in [0, 0.05) is 0 Å². The van der Waals surface area contributed by atoms with Crippen LogP contribution in [0.5, 0.6) is 5.88 Å². The summed E-state index contributed by atoms with van der Waals surface area (Å²) in [5.74, 6) is -0.548. The van der Waals surface area contributed by atoms with Crippen LogP contribution in [0.15, 0.2) is 51.6 Å². The zero-order chi connectivity index (χ0) is 17.6. The van der Waals surface area contributed by atoms with E-state index >= 15 is 0 Å². The Morgan fingerprint density at radius 2 is 2.24 bits per heavy atom. The van der Waals surface area contributed by atoms with Crippen LogP contribution in [-0.2, 0) is 0 Å². The maximum Gasteiger partial charge on any atom is 0.244 e. The molecule has 124 valence electrons. The molecule has 0 spiro atoms. The van der Waals surface area contributed by atoms with Gasteiger partial charge in [0.05, 0.1) is 26.5 Å². The van der Waals surface area contributed by atoms with Crippen molar-refractivity contribution in [3.63, 3.8) is 0 Å². The third-order valence-corrected chi connectivity index (χ3v) is 5.48. The maximum absolute atomic E-state index is 13.7. The number of nitrogens with two attached hydrogens (primary N) is 1. The van der Waals surface area contributed by atoms with Crippen molar-refractivity contribution in [1.29, 1.82) is 5.26 Å². The van der Waals surface area contributed by atoms with Crippen molar-refractivity contribution in [2.75, 3.05) is 0 Å². The van der Waals surface area contributed by atoms with Crippen molar-refractivity contribution in [3.8, 4) is 22.5 Å². The molecule has 2 aromatic heterocycles.